The summed E-state index contributed by atoms with van der Waals surface area (Å²) in [5, 5.41) is 0. The monoisotopic (exact) mass is 326 g/mol. The maximum absolute atomic E-state index is 13.8. The van der Waals surface area contributed by atoms with E-state index < -0.39 is 49.8 Å². The van der Waals surface area contributed by atoms with Gasteiger partial charge in [-0.1, -0.05) is 0 Å². The fraction of sp³-hybridized carbons (Fsp3) is 0.600. The van der Waals surface area contributed by atoms with Gasteiger partial charge in [0.05, 0.1) is 12.8 Å². The van der Waals surface area contributed by atoms with Crippen LogP contribution in [0.3, 0.4) is 0 Å². The number of alkyl halides is 1. The Morgan fingerprint density at radius 3 is 2.90 bits per heavy atom. The van der Waals surface area contributed by atoms with Gasteiger partial charge in [0.25, 0.3) is 5.56 Å². The van der Waals surface area contributed by atoms with Crippen LogP contribution in [0.2, 0.25) is 0 Å². The van der Waals surface area contributed by atoms with Crippen molar-refractivity contribution in [3.8, 4) is 0 Å². The Balaban J connectivity index is 2.14. The van der Waals surface area contributed by atoms with E-state index in [1.807, 2.05) is 0 Å². The summed E-state index contributed by atoms with van der Waals surface area (Å²) in [7, 11) is -3.78. The van der Waals surface area contributed by atoms with Gasteiger partial charge in [0.2, 0.25) is 5.82 Å². The molecule has 1 saturated heterocycles. The average molecular weight is 326 g/mol. The third-order valence-corrected chi connectivity index (χ3v) is 3.50. The molecule has 21 heavy (non-hydrogen) atoms. The number of aromatic nitrogens is 2. The van der Waals surface area contributed by atoms with Gasteiger partial charge in [-0.25, -0.2) is 9.18 Å². The second-order valence-electron chi connectivity index (χ2n) is 4.62. The average Bonchev–Trinajstić information content (AvgIpc) is 2.72. The van der Waals surface area contributed by atoms with Crippen LogP contribution in [0.5, 0.6) is 0 Å². The molecular formula is C10H13F2N2O6P. The van der Waals surface area contributed by atoms with E-state index in [1.165, 1.54) is 0 Å². The number of aromatic amines is 1. The topological polar surface area (TPSA) is 111 Å². The van der Waals surface area contributed by atoms with E-state index in [-0.39, 0.29) is 6.42 Å². The summed E-state index contributed by atoms with van der Waals surface area (Å²) in [4.78, 5) is 33.1. The third kappa shape index (κ3) is 3.85. The minimum atomic E-state index is -3.78. The molecule has 2 rings (SSSR count). The summed E-state index contributed by atoms with van der Waals surface area (Å²) in [6.07, 6.45) is -3.53. The Morgan fingerprint density at radius 1 is 1.62 bits per heavy atom. The zero-order valence-electron chi connectivity index (χ0n) is 10.9. The van der Waals surface area contributed by atoms with Gasteiger partial charge >= 0.3 is 13.3 Å². The molecule has 0 radical (unpaired) electrons. The molecule has 0 saturated carbocycles. The fourth-order valence-corrected chi connectivity index (χ4v) is 2.32. The van der Waals surface area contributed by atoms with E-state index >= 15 is 0 Å². The van der Waals surface area contributed by atoms with Crippen molar-refractivity contribution in [1.82, 2.24) is 9.55 Å². The zero-order valence-corrected chi connectivity index (χ0v) is 11.8. The number of H-pyrrole nitrogens is 1. The van der Waals surface area contributed by atoms with Gasteiger partial charge in [-0.3, -0.25) is 18.9 Å². The number of ether oxygens (including phenoxy) is 1. The first-order chi connectivity index (χ1) is 9.67. The lowest BCUT2D eigenvalue weighted by atomic mass is 10.2. The van der Waals surface area contributed by atoms with Crippen LogP contribution >= 0.6 is 7.60 Å². The van der Waals surface area contributed by atoms with Crippen LogP contribution < -0.4 is 11.2 Å². The van der Waals surface area contributed by atoms with Crippen LogP contribution in [0.15, 0.2) is 15.8 Å². The zero-order chi connectivity index (χ0) is 15.8. The molecule has 1 aliphatic heterocycles. The second kappa shape index (κ2) is 5.80. The molecular weight excluding hydrogens is 313 g/mol. The van der Waals surface area contributed by atoms with E-state index in [4.69, 9.17) is 9.63 Å². The number of halogens is 2. The van der Waals surface area contributed by atoms with Crippen molar-refractivity contribution in [2.75, 3.05) is 13.3 Å². The Bertz CT molecular complexity index is 683. The Hall–Kier alpha value is -1.35. The van der Waals surface area contributed by atoms with Crippen molar-refractivity contribution in [1.29, 1.82) is 0 Å². The predicted octanol–water partition coefficient (Wildman–Crippen LogP) is 0.133. The molecule has 2 heterocycles. The standard InChI is InChI=1S/C10H13F2N2O6P/c1-21(17,18)19-4-7-5(11)2-8(20-7)14-3-6(12)9(15)13-10(14)16/h3,5,7-8H,2,4H2,1H3,(H,17,18)(H,13,15,16). The van der Waals surface area contributed by atoms with Crippen molar-refractivity contribution in [2.45, 2.75) is 24.9 Å². The molecule has 0 aromatic carbocycles. The molecule has 0 spiro atoms. The first-order valence-electron chi connectivity index (χ1n) is 5.92. The second-order valence-corrected chi connectivity index (χ2v) is 6.49. The van der Waals surface area contributed by atoms with Crippen molar-refractivity contribution >= 4 is 7.60 Å². The van der Waals surface area contributed by atoms with Gasteiger partial charge in [-0.2, -0.15) is 4.39 Å². The maximum atomic E-state index is 13.8. The summed E-state index contributed by atoms with van der Waals surface area (Å²) < 4.78 is 48.4. The van der Waals surface area contributed by atoms with E-state index in [0.717, 1.165) is 6.66 Å². The molecule has 8 nitrogen and oxygen atoms in total. The molecule has 4 atom stereocenters. The van der Waals surface area contributed by atoms with E-state index in [9.17, 15) is 22.9 Å². The molecule has 0 aliphatic carbocycles. The molecule has 118 valence electrons. The lowest BCUT2D eigenvalue weighted by Crippen LogP contribution is -2.34. The predicted molar refractivity (Wildman–Crippen MR) is 66.4 cm³/mol. The van der Waals surface area contributed by atoms with Crippen LogP contribution in [-0.2, 0) is 13.8 Å². The van der Waals surface area contributed by atoms with Crippen LogP contribution in [0.25, 0.3) is 0 Å². The number of hydrogen-bond acceptors (Lipinski definition) is 5. The Kier molecular flexibility index (Phi) is 4.43. The number of hydrogen-bond donors (Lipinski definition) is 2. The lowest BCUT2D eigenvalue weighted by molar-refractivity contribution is -0.0323. The first-order valence-corrected chi connectivity index (χ1v) is 7.95. The summed E-state index contributed by atoms with van der Waals surface area (Å²) in [5.41, 5.74) is -2.12. The van der Waals surface area contributed by atoms with Gasteiger partial charge in [-0.05, 0) is 0 Å². The van der Waals surface area contributed by atoms with E-state index in [1.54, 1.807) is 4.98 Å². The van der Waals surface area contributed by atoms with Crippen molar-refractivity contribution in [3.63, 3.8) is 0 Å². The maximum Gasteiger partial charge on any atom is 0.330 e. The van der Waals surface area contributed by atoms with Gasteiger partial charge < -0.3 is 14.2 Å². The van der Waals surface area contributed by atoms with E-state index in [0.29, 0.717) is 10.8 Å². The number of nitrogens with one attached hydrogen (secondary N) is 1. The van der Waals surface area contributed by atoms with Crippen LogP contribution in [-0.4, -0.2) is 40.0 Å². The van der Waals surface area contributed by atoms with E-state index in [2.05, 4.69) is 4.52 Å². The molecule has 0 bridgehead atoms. The Labute approximate surface area is 116 Å². The lowest BCUT2D eigenvalue weighted by Gasteiger charge is -2.16. The van der Waals surface area contributed by atoms with Gasteiger partial charge in [0.1, 0.15) is 18.5 Å². The highest BCUT2D eigenvalue weighted by Gasteiger charge is 2.38. The minimum Gasteiger partial charge on any atom is -0.349 e. The highest BCUT2D eigenvalue weighted by Crippen LogP contribution is 2.39. The molecule has 2 N–H and O–H groups in total. The third-order valence-electron chi connectivity index (χ3n) is 2.88. The summed E-state index contributed by atoms with van der Waals surface area (Å²) in [6.45, 7) is 0.455. The number of nitrogens with zero attached hydrogens (tertiary/aromatic N) is 1. The highest BCUT2D eigenvalue weighted by atomic mass is 31.2. The SMILES string of the molecule is CP(=O)(O)OCC1OC(n2cc(F)c(=O)[nH]c2=O)CC1F. The van der Waals surface area contributed by atoms with Crippen LogP contribution in [0, 0.1) is 5.82 Å². The van der Waals surface area contributed by atoms with Crippen LogP contribution in [0.4, 0.5) is 8.78 Å². The summed E-state index contributed by atoms with van der Waals surface area (Å²) in [5.74, 6) is -1.21. The molecule has 0 amide bonds. The first kappa shape index (κ1) is 16.0. The van der Waals surface area contributed by atoms with Crippen molar-refractivity contribution in [2.24, 2.45) is 0 Å². The largest absolute Gasteiger partial charge is 0.349 e. The normalized spacial score (nSPS) is 28.5. The highest BCUT2D eigenvalue weighted by molar-refractivity contribution is 7.51. The molecule has 1 aromatic heterocycles. The van der Waals surface area contributed by atoms with Crippen molar-refractivity contribution < 1.29 is 27.5 Å². The molecule has 11 heteroatoms. The molecule has 1 aliphatic rings. The van der Waals surface area contributed by atoms with Crippen LogP contribution in [0.1, 0.15) is 12.6 Å². The Morgan fingerprint density at radius 2 is 2.29 bits per heavy atom. The van der Waals surface area contributed by atoms with Gasteiger partial charge in [0.15, 0.2) is 0 Å². The summed E-state index contributed by atoms with van der Waals surface area (Å²) >= 11 is 0. The molecule has 4 unspecified atom stereocenters. The minimum absolute atomic E-state index is 0.279. The molecule has 1 fully saturated rings. The fourth-order valence-electron chi connectivity index (χ4n) is 1.90. The molecule has 1 aromatic rings. The summed E-state index contributed by atoms with van der Waals surface area (Å²) in [6, 6.07) is 0. The van der Waals surface area contributed by atoms with Gasteiger partial charge in [0, 0.05) is 13.1 Å². The van der Waals surface area contributed by atoms with Crippen molar-refractivity contribution in [3.05, 3.63) is 32.9 Å². The smallest absolute Gasteiger partial charge is 0.330 e. The number of rotatable bonds is 4. The van der Waals surface area contributed by atoms with Gasteiger partial charge in [-0.15, -0.1) is 0 Å². The quantitative estimate of drug-likeness (QED) is 0.761.